The fourth-order valence-electron chi connectivity index (χ4n) is 2.38. The van der Waals surface area contributed by atoms with Gasteiger partial charge in [0.2, 0.25) is 10.0 Å². The van der Waals surface area contributed by atoms with Crippen molar-refractivity contribution in [3.05, 3.63) is 16.5 Å². The average Bonchev–Trinajstić information content (AvgIpc) is 2.97. The van der Waals surface area contributed by atoms with Gasteiger partial charge in [0.1, 0.15) is 17.3 Å². The van der Waals surface area contributed by atoms with Crippen LogP contribution in [0.3, 0.4) is 0 Å². The van der Waals surface area contributed by atoms with Crippen molar-refractivity contribution in [2.75, 3.05) is 19.6 Å². The van der Waals surface area contributed by atoms with Crippen LogP contribution in [0.4, 0.5) is 0 Å². The smallest absolute Gasteiger partial charge is 0.245 e. The van der Waals surface area contributed by atoms with Crippen LogP contribution in [-0.4, -0.2) is 44.1 Å². The SMILES string of the molecule is CC(CN1CCCC1)NS(=O)(=O)c1cc(CO)oc1Br. The summed E-state index contributed by atoms with van der Waals surface area (Å²) in [6, 6.07) is 1.15. The Morgan fingerprint density at radius 3 is 2.70 bits per heavy atom. The number of hydrogen-bond acceptors (Lipinski definition) is 5. The number of nitrogens with one attached hydrogen (secondary N) is 1. The molecule has 1 aliphatic rings. The minimum Gasteiger partial charge on any atom is -0.450 e. The zero-order valence-corrected chi connectivity index (χ0v) is 13.7. The van der Waals surface area contributed by atoms with Gasteiger partial charge >= 0.3 is 0 Å². The largest absolute Gasteiger partial charge is 0.450 e. The molecule has 6 nitrogen and oxygen atoms in total. The zero-order chi connectivity index (χ0) is 14.8. The lowest BCUT2D eigenvalue weighted by molar-refractivity contribution is 0.245. The fourth-order valence-corrected chi connectivity index (χ4v) is 4.61. The van der Waals surface area contributed by atoms with Gasteiger partial charge in [-0.2, -0.15) is 0 Å². The highest BCUT2D eigenvalue weighted by molar-refractivity contribution is 9.10. The first-order valence-corrected chi connectivity index (χ1v) is 8.84. The third kappa shape index (κ3) is 3.82. The summed E-state index contributed by atoms with van der Waals surface area (Å²) in [6.45, 7) is 4.25. The predicted molar refractivity (Wildman–Crippen MR) is 77.8 cm³/mol. The maximum atomic E-state index is 12.3. The lowest BCUT2D eigenvalue weighted by Gasteiger charge is -2.20. The highest BCUT2D eigenvalue weighted by Crippen LogP contribution is 2.26. The van der Waals surface area contributed by atoms with Gasteiger partial charge in [-0.3, -0.25) is 0 Å². The van der Waals surface area contributed by atoms with E-state index in [0.717, 1.165) is 13.1 Å². The van der Waals surface area contributed by atoms with Gasteiger partial charge in [-0.15, -0.1) is 0 Å². The van der Waals surface area contributed by atoms with Crippen LogP contribution in [0.5, 0.6) is 0 Å². The molecule has 20 heavy (non-hydrogen) atoms. The van der Waals surface area contributed by atoms with E-state index in [2.05, 4.69) is 25.6 Å². The van der Waals surface area contributed by atoms with Gasteiger partial charge in [0.15, 0.2) is 4.67 Å². The number of rotatable bonds is 6. The Kier molecular flexibility index (Phi) is 5.25. The first-order valence-electron chi connectivity index (χ1n) is 6.56. The molecule has 2 N–H and O–H groups in total. The van der Waals surface area contributed by atoms with Crippen molar-refractivity contribution in [1.29, 1.82) is 0 Å². The van der Waals surface area contributed by atoms with E-state index in [1.807, 2.05) is 6.92 Å². The number of aliphatic hydroxyl groups is 1. The highest BCUT2D eigenvalue weighted by atomic mass is 79.9. The number of hydrogen-bond donors (Lipinski definition) is 2. The number of aliphatic hydroxyl groups excluding tert-OH is 1. The fraction of sp³-hybridized carbons (Fsp3) is 0.667. The Morgan fingerprint density at radius 2 is 2.15 bits per heavy atom. The van der Waals surface area contributed by atoms with Gasteiger partial charge in [0.25, 0.3) is 0 Å². The number of sulfonamides is 1. The monoisotopic (exact) mass is 366 g/mol. The van der Waals surface area contributed by atoms with Crippen LogP contribution >= 0.6 is 15.9 Å². The molecule has 0 amide bonds. The van der Waals surface area contributed by atoms with Gasteiger partial charge in [0.05, 0.1) is 0 Å². The lowest BCUT2D eigenvalue weighted by Crippen LogP contribution is -2.41. The van der Waals surface area contributed by atoms with E-state index < -0.39 is 10.0 Å². The van der Waals surface area contributed by atoms with Crippen LogP contribution in [0.25, 0.3) is 0 Å². The van der Waals surface area contributed by atoms with Crippen LogP contribution in [0, 0.1) is 0 Å². The Morgan fingerprint density at radius 1 is 1.50 bits per heavy atom. The molecule has 8 heteroatoms. The average molecular weight is 367 g/mol. The van der Waals surface area contributed by atoms with Gasteiger partial charge in [-0.05, 0) is 48.8 Å². The van der Waals surface area contributed by atoms with Crippen molar-refractivity contribution in [3.8, 4) is 0 Å². The van der Waals surface area contributed by atoms with Crippen molar-refractivity contribution in [3.63, 3.8) is 0 Å². The molecule has 1 unspecified atom stereocenters. The molecule has 2 heterocycles. The first kappa shape index (κ1) is 16.0. The molecule has 114 valence electrons. The van der Waals surface area contributed by atoms with E-state index >= 15 is 0 Å². The van der Waals surface area contributed by atoms with Gasteiger partial charge in [-0.25, -0.2) is 13.1 Å². The zero-order valence-electron chi connectivity index (χ0n) is 11.3. The third-order valence-electron chi connectivity index (χ3n) is 3.24. The van der Waals surface area contributed by atoms with Crippen LogP contribution < -0.4 is 4.72 Å². The van der Waals surface area contributed by atoms with Gasteiger partial charge < -0.3 is 14.4 Å². The molecular weight excluding hydrogens is 348 g/mol. The highest BCUT2D eigenvalue weighted by Gasteiger charge is 2.25. The molecule has 0 spiro atoms. The first-order chi connectivity index (χ1) is 9.42. The molecule has 1 saturated heterocycles. The molecular formula is C12H19BrN2O4S. The summed E-state index contributed by atoms with van der Waals surface area (Å²) in [5, 5.41) is 8.98. The number of nitrogens with zero attached hydrogens (tertiary/aromatic N) is 1. The van der Waals surface area contributed by atoms with Gasteiger partial charge in [-0.1, -0.05) is 0 Å². The standard InChI is InChI=1S/C12H19BrN2O4S/c1-9(7-15-4-2-3-5-15)14-20(17,18)11-6-10(8-16)19-12(11)13/h6,9,14,16H,2-5,7-8H2,1H3. The molecule has 1 aliphatic heterocycles. The second-order valence-corrected chi connectivity index (χ2v) is 7.44. The molecule has 1 aromatic heterocycles. The van der Waals surface area contributed by atoms with Crippen molar-refractivity contribution >= 4 is 26.0 Å². The normalized spacial score (nSPS) is 18.6. The minimum absolute atomic E-state index is 0.0230. The van der Waals surface area contributed by atoms with Crippen LogP contribution in [-0.2, 0) is 16.6 Å². The summed E-state index contributed by atoms with van der Waals surface area (Å²) in [5.74, 6) is 0.212. The molecule has 2 rings (SSSR count). The van der Waals surface area contributed by atoms with E-state index in [-0.39, 0.29) is 28.0 Å². The second kappa shape index (κ2) is 6.57. The summed E-state index contributed by atoms with van der Waals surface area (Å²) >= 11 is 3.06. The van der Waals surface area contributed by atoms with Gasteiger partial charge in [0, 0.05) is 18.7 Å². The van der Waals surface area contributed by atoms with Crippen molar-refractivity contribution in [2.45, 2.75) is 37.3 Å². The van der Waals surface area contributed by atoms with E-state index in [1.54, 1.807) is 0 Å². The maximum Gasteiger partial charge on any atom is 0.245 e. The molecule has 0 radical (unpaired) electrons. The summed E-state index contributed by atoms with van der Waals surface area (Å²) < 4.78 is 32.4. The molecule has 1 atom stereocenters. The quantitative estimate of drug-likeness (QED) is 0.792. The molecule has 1 fully saturated rings. The lowest BCUT2D eigenvalue weighted by atomic mass is 10.3. The van der Waals surface area contributed by atoms with Crippen molar-refractivity contribution < 1.29 is 17.9 Å². The van der Waals surface area contributed by atoms with E-state index in [0.29, 0.717) is 6.54 Å². The van der Waals surface area contributed by atoms with Crippen LogP contribution in [0.15, 0.2) is 20.0 Å². The molecule has 1 aromatic rings. The van der Waals surface area contributed by atoms with E-state index in [9.17, 15) is 8.42 Å². The number of halogens is 1. The Balaban J connectivity index is 2.03. The third-order valence-corrected chi connectivity index (χ3v) is 5.69. The maximum absolute atomic E-state index is 12.3. The topological polar surface area (TPSA) is 82.8 Å². The Bertz CT molecular complexity index is 552. The Hall–Kier alpha value is -0.410. The predicted octanol–water partition coefficient (Wildman–Crippen LogP) is 1.30. The second-order valence-electron chi connectivity index (χ2n) is 5.04. The van der Waals surface area contributed by atoms with Crippen molar-refractivity contribution in [1.82, 2.24) is 9.62 Å². The minimum atomic E-state index is -3.65. The number of furan rings is 1. The van der Waals surface area contributed by atoms with Crippen LogP contribution in [0.1, 0.15) is 25.5 Å². The van der Waals surface area contributed by atoms with Crippen LogP contribution in [0.2, 0.25) is 0 Å². The molecule has 0 bridgehead atoms. The molecule has 0 aromatic carbocycles. The molecule has 0 saturated carbocycles. The summed E-state index contributed by atoms with van der Waals surface area (Å²) in [5.41, 5.74) is 0. The molecule has 0 aliphatic carbocycles. The van der Waals surface area contributed by atoms with E-state index in [1.165, 1.54) is 18.9 Å². The summed E-state index contributed by atoms with van der Waals surface area (Å²) in [4.78, 5) is 2.27. The number of likely N-dealkylation sites (tertiary alicyclic amines) is 1. The summed E-state index contributed by atoms with van der Waals surface area (Å²) in [7, 11) is -3.65. The van der Waals surface area contributed by atoms with Crippen molar-refractivity contribution in [2.24, 2.45) is 0 Å². The Labute approximate surface area is 127 Å². The van der Waals surface area contributed by atoms with E-state index in [4.69, 9.17) is 9.52 Å². The summed E-state index contributed by atoms with van der Waals surface area (Å²) in [6.07, 6.45) is 2.35.